The molecule has 0 aliphatic rings. The SMILES string of the molecule is CCCCCCC(C)(CCCCCC)OCC.CCOCC.CCOCC. The monoisotopic (exact) mass is 390 g/mol. The molecule has 0 spiro atoms. The van der Waals surface area contributed by atoms with Gasteiger partial charge in [0.2, 0.25) is 0 Å². The molecule has 3 nitrogen and oxygen atoms in total. The van der Waals surface area contributed by atoms with Gasteiger partial charge >= 0.3 is 0 Å². The Morgan fingerprint density at radius 1 is 0.481 bits per heavy atom. The molecule has 27 heavy (non-hydrogen) atoms. The number of rotatable bonds is 16. The topological polar surface area (TPSA) is 27.7 Å². The Morgan fingerprint density at radius 3 is 1.07 bits per heavy atom. The summed E-state index contributed by atoms with van der Waals surface area (Å²) < 4.78 is 15.7. The third-order valence-corrected chi connectivity index (χ3v) is 4.43. The second-order valence-electron chi connectivity index (χ2n) is 7.07. The third kappa shape index (κ3) is 30.8. The molecule has 0 N–H and O–H groups in total. The van der Waals surface area contributed by atoms with Crippen LogP contribution in [0, 0.1) is 0 Å². The van der Waals surface area contributed by atoms with E-state index < -0.39 is 0 Å². The molecule has 0 heterocycles. The quantitative estimate of drug-likeness (QED) is 0.251. The van der Waals surface area contributed by atoms with Crippen molar-refractivity contribution < 1.29 is 14.2 Å². The molecular formula is C24H54O3. The van der Waals surface area contributed by atoms with Crippen LogP contribution in [0.5, 0.6) is 0 Å². The van der Waals surface area contributed by atoms with Crippen LogP contribution in [0.15, 0.2) is 0 Å². The first-order valence-electron chi connectivity index (χ1n) is 11.8. The van der Waals surface area contributed by atoms with Crippen molar-refractivity contribution in [2.75, 3.05) is 33.0 Å². The van der Waals surface area contributed by atoms with Crippen LogP contribution in [0.3, 0.4) is 0 Å². The second-order valence-corrected chi connectivity index (χ2v) is 7.07. The summed E-state index contributed by atoms with van der Waals surface area (Å²) in [5, 5.41) is 0. The predicted molar refractivity (Wildman–Crippen MR) is 122 cm³/mol. The fourth-order valence-corrected chi connectivity index (χ4v) is 2.88. The average Bonchev–Trinajstić information content (AvgIpc) is 2.65. The molecular weight excluding hydrogens is 336 g/mol. The van der Waals surface area contributed by atoms with E-state index in [-0.39, 0.29) is 5.60 Å². The second kappa shape index (κ2) is 28.1. The van der Waals surface area contributed by atoms with Crippen molar-refractivity contribution in [1.29, 1.82) is 0 Å². The van der Waals surface area contributed by atoms with Crippen molar-refractivity contribution in [1.82, 2.24) is 0 Å². The predicted octanol–water partition coefficient (Wildman–Crippen LogP) is 7.81. The first kappa shape index (κ1) is 31.6. The van der Waals surface area contributed by atoms with E-state index in [0.717, 1.165) is 33.0 Å². The van der Waals surface area contributed by atoms with Gasteiger partial charge in [-0.05, 0) is 54.4 Å². The fraction of sp³-hybridized carbons (Fsp3) is 1.00. The maximum Gasteiger partial charge on any atom is 0.0654 e. The maximum atomic E-state index is 5.99. The van der Waals surface area contributed by atoms with Crippen LogP contribution in [0.4, 0.5) is 0 Å². The first-order valence-corrected chi connectivity index (χ1v) is 11.8. The van der Waals surface area contributed by atoms with Crippen LogP contribution < -0.4 is 0 Å². The molecule has 0 amide bonds. The molecule has 0 aliphatic heterocycles. The molecule has 0 fully saturated rings. The number of hydrogen-bond donors (Lipinski definition) is 0. The van der Waals surface area contributed by atoms with Gasteiger partial charge in [-0.1, -0.05) is 65.2 Å². The highest BCUT2D eigenvalue weighted by Gasteiger charge is 2.23. The lowest BCUT2D eigenvalue weighted by atomic mass is 9.91. The van der Waals surface area contributed by atoms with Gasteiger partial charge in [-0.3, -0.25) is 0 Å². The van der Waals surface area contributed by atoms with Gasteiger partial charge in [-0.25, -0.2) is 0 Å². The summed E-state index contributed by atoms with van der Waals surface area (Å²) in [5.74, 6) is 0. The molecule has 0 aromatic rings. The zero-order valence-electron chi connectivity index (χ0n) is 20.3. The highest BCUT2D eigenvalue weighted by atomic mass is 16.5. The van der Waals surface area contributed by atoms with E-state index in [0.29, 0.717) is 0 Å². The molecule has 0 aliphatic carbocycles. The normalized spacial score (nSPS) is 10.7. The van der Waals surface area contributed by atoms with E-state index in [1.54, 1.807) is 0 Å². The van der Waals surface area contributed by atoms with Gasteiger partial charge in [0.25, 0.3) is 0 Å². The lowest BCUT2D eigenvalue weighted by Gasteiger charge is -2.30. The molecule has 0 unspecified atom stereocenters. The Kier molecular flexibility index (Phi) is 32.8. The van der Waals surface area contributed by atoms with Gasteiger partial charge in [-0.2, -0.15) is 0 Å². The van der Waals surface area contributed by atoms with Crippen molar-refractivity contribution in [2.24, 2.45) is 0 Å². The van der Waals surface area contributed by atoms with Crippen molar-refractivity contribution >= 4 is 0 Å². The Balaban J connectivity index is -0.000000471. The number of unbranched alkanes of at least 4 members (excludes halogenated alkanes) is 6. The molecule has 0 saturated carbocycles. The summed E-state index contributed by atoms with van der Waals surface area (Å²) in [6.07, 6.45) is 13.3. The van der Waals surface area contributed by atoms with Gasteiger partial charge in [0.1, 0.15) is 0 Å². The van der Waals surface area contributed by atoms with E-state index in [4.69, 9.17) is 14.2 Å². The lowest BCUT2D eigenvalue weighted by molar-refractivity contribution is -0.0403. The van der Waals surface area contributed by atoms with Crippen molar-refractivity contribution in [2.45, 2.75) is 125 Å². The molecule has 168 valence electrons. The maximum absolute atomic E-state index is 5.99. The van der Waals surface area contributed by atoms with E-state index in [2.05, 4.69) is 27.7 Å². The van der Waals surface area contributed by atoms with Gasteiger partial charge in [0.05, 0.1) is 5.60 Å². The minimum Gasteiger partial charge on any atom is -0.382 e. The number of hydrogen-bond acceptors (Lipinski definition) is 3. The third-order valence-electron chi connectivity index (χ3n) is 4.43. The van der Waals surface area contributed by atoms with Gasteiger partial charge in [-0.15, -0.1) is 0 Å². The standard InChI is InChI=1S/C16H34O.2C4H10O/c1-5-8-10-12-14-16(4,17-7-3)15-13-11-9-6-2;2*1-3-5-4-2/h5-15H2,1-4H3;2*3-4H2,1-2H3. The van der Waals surface area contributed by atoms with Crippen LogP contribution in [-0.4, -0.2) is 38.6 Å². The van der Waals surface area contributed by atoms with E-state index >= 15 is 0 Å². The Morgan fingerprint density at radius 2 is 0.852 bits per heavy atom. The molecule has 0 atom stereocenters. The van der Waals surface area contributed by atoms with Crippen molar-refractivity contribution in [3.63, 3.8) is 0 Å². The van der Waals surface area contributed by atoms with Crippen LogP contribution >= 0.6 is 0 Å². The lowest BCUT2D eigenvalue weighted by Crippen LogP contribution is -2.28. The van der Waals surface area contributed by atoms with Crippen LogP contribution in [0.25, 0.3) is 0 Å². The highest BCUT2D eigenvalue weighted by molar-refractivity contribution is 4.75. The smallest absolute Gasteiger partial charge is 0.0654 e. The van der Waals surface area contributed by atoms with Gasteiger partial charge in [0.15, 0.2) is 0 Å². The van der Waals surface area contributed by atoms with Crippen molar-refractivity contribution in [3.05, 3.63) is 0 Å². The molecule has 0 aromatic carbocycles. The summed E-state index contributed by atoms with van der Waals surface area (Å²) in [6, 6.07) is 0. The Hall–Kier alpha value is -0.120. The molecule has 0 saturated heterocycles. The molecule has 3 heteroatoms. The highest BCUT2D eigenvalue weighted by Crippen LogP contribution is 2.26. The summed E-state index contributed by atoms with van der Waals surface area (Å²) >= 11 is 0. The Bertz CT molecular complexity index is 210. The summed E-state index contributed by atoms with van der Waals surface area (Å²) in [4.78, 5) is 0. The summed E-state index contributed by atoms with van der Waals surface area (Å²) in [6.45, 7) is 21.2. The zero-order valence-corrected chi connectivity index (χ0v) is 20.3. The van der Waals surface area contributed by atoms with Gasteiger partial charge in [0, 0.05) is 33.0 Å². The van der Waals surface area contributed by atoms with Crippen LogP contribution in [-0.2, 0) is 14.2 Å². The zero-order chi connectivity index (χ0) is 21.2. The summed E-state index contributed by atoms with van der Waals surface area (Å²) in [7, 11) is 0. The van der Waals surface area contributed by atoms with E-state index in [9.17, 15) is 0 Å². The van der Waals surface area contributed by atoms with Gasteiger partial charge < -0.3 is 14.2 Å². The fourth-order valence-electron chi connectivity index (χ4n) is 2.88. The molecule has 0 rings (SSSR count). The van der Waals surface area contributed by atoms with E-state index in [1.165, 1.54) is 64.2 Å². The number of ether oxygens (including phenoxy) is 3. The van der Waals surface area contributed by atoms with Crippen molar-refractivity contribution in [3.8, 4) is 0 Å². The largest absolute Gasteiger partial charge is 0.382 e. The van der Waals surface area contributed by atoms with Crippen LogP contribution in [0.1, 0.15) is 120 Å². The van der Waals surface area contributed by atoms with E-state index in [1.807, 2.05) is 27.7 Å². The van der Waals surface area contributed by atoms with Crippen LogP contribution in [0.2, 0.25) is 0 Å². The summed E-state index contributed by atoms with van der Waals surface area (Å²) in [5.41, 5.74) is 0.149. The first-order chi connectivity index (χ1) is 13.0. The Labute approximate surface area is 172 Å². The molecule has 0 radical (unpaired) electrons. The minimum absolute atomic E-state index is 0.149. The molecule has 0 aromatic heterocycles. The average molecular weight is 391 g/mol. The molecule has 0 bridgehead atoms. The minimum atomic E-state index is 0.149.